The van der Waals surface area contributed by atoms with Gasteiger partial charge in [0.15, 0.2) is 0 Å². The molecule has 0 unspecified atom stereocenters. The SMILES string of the molecule is C[C@@H]1Cc2cc(-c3cnn(C(F)F)c3)ccc2[C@H](c2ccc(NC3CN(CCCF)C3)cn2)N1CC(F)(F)F. The summed E-state index contributed by atoms with van der Waals surface area (Å²) in [4.78, 5) is 8.14. The second-order valence-electron chi connectivity index (χ2n) is 10.3. The number of rotatable bonds is 9. The first-order valence-electron chi connectivity index (χ1n) is 12.9. The van der Waals surface area contributed by atoms with Crippen molar-refractivity contribution >= 4 is 5.69 Å². The van der Waals surface area contributed by atoms with Gasteiger partial charge >= 0.3 is 12.7 Å². The van der Waals surface area contributed by atoms with Gasteiger partial charge in [0.25, 0.3) is 0 Å². The highest BCUT2D eigenvalue weighted by Gasteiger charge is 2.41. The number of aromatic nitrogens is 3. The van der Waals surface area contributed by atoms with E-state index >= 15 is 0 Å². The first-order valence-corrected chi connectivity index (χ1v) is 12.9. The van der Waals surface area contributed by atoms with Crippen molar-refractivity contribution in [1.82, 2.24) is 24.6 Å². The number of hydrogen-bond acceptors (Lipinski definition) is 5. The number of nitrogens with one attached hydrogen (secondary N) is 1. The average Bonchev–Trinajstić information content (AvgIpc) is 3.36. The summed E-state index contributed by atoms with van der Waals surface area (Å²) in [5, 5.41) is 7.06. The van der Waals surface area contributed by atoms with Crippen LogP contribution in [0.5, 0.6) is 0 Å². The number of alkyl halides is 6. The van der Waals surface area contributed by atoms with Crippen LogP contribution in [0, 0.1) is 0 Å². The van der Waals surface area contributed by atoms with Crippen LogP contribution in [-0.2, 0) is 6.42 Å². The van der Waals surface area contributed by atoms with E-state index in [4.69, 9.17) is 0 Å². The predicted octanol–water partition coefficient (Wildman–Crippen LogP) is 5.69. The van der Waals surface area contributed by atoms with E-state index in [9.17, 15) is 26.3 Å². The number of fused-ring (bicyclic) bond motifs is 1. The number of pyridine rings is 1. The van der Waals surface area contributed by atoms with Gasteiger partial charge in [-0.2, -0.15) is 27.1 Å². The highest BCUT2D eigenvalue weighted by Crippen LogP contribution is 2.40. The summed E-state index contributed by atoms with van der Waals surface area (Å²) in [5.41, 5.74) is 4.00. The molecule has 5 rings (SSSR count). The molecule has 1 aromatic carbocycles. The fourth-order valence-corrected chi connectivity index (χ4v) is 5.49. The predicted molar refractivity (Wildman–Crippen MR) is 135 cm³/mol. The lowest BCUT2D eigenvalue weighted by Crippen LogP contribution is -2.54. The highest BCUT2D eigenvalue weighted by molar-refractivity contribution is 5.64. The van der Waals surface area contributed by atoms with Gasteiger partial charge in [-0.05, 0) is 48.6 Å². The van der Waals surface area contributed by atoms with E-state index < -0.39 is 31.4 Å². The molecule has 6 nitrogen and oxygen atoms in total. The molecule has 210 valence electrons. The van der Waals surface area contributed by atoms with Crippen LogP contribution in [0.3, 0.4) is 0 Å². The molecule has 1 N–H and O–H groups in total. The van der Waals surface area contributed by atoms with Crippen molar-refractivity contribution < 1.29 is 26.3 Å². The van der Waals surface area contributed by atoms with Gasteiger partial charge in [-0.3, -0.25) is 19.2 Å². The fourth-order valence-electron chi connectivity index (χ4n) is 5.49. The summed E-state index contributed by atoms with van der Waals surface area (Å²) in [7, 11) is 0. The lowest BCUT2D eigenvalue weighted by Gasteiger charge is -2.42. The molecule has 0 amide bonds. The Hall–Kier alpha value is -3.12. The average molecular weight is 553 g/mol. The Morgan fingerprint density at radius 2 is 1.87 bits per heavy atom. The second-order valence-corrected chi connectivity index (χ2v) is 10.3. The minimum atomic E-state index is -4.40. The minimum absolute atomic E-state index is 0.210. The maximum Gasteiger partial charge on any atom is 0.401 e. The zero-order valence-electron chi connectivity index (χ0n) is 21.4. The number of hydrogen-bond donors (Lipinski definition) is 1. The largest absolute Gasteiger partial charge is 0.401 e. The van der Waals surface area contributed by atoms with Crippen molar-refractivity contribution in [2.75, 3.05) is 38.2 Å². The normalized spacial score (nSPS) is 20.7. The number of likely N-dealkylation sites (tertiary alicyclic amines) is 1. The molecule has 4 heterocycles. The third-order valence-corrected chi connectivity index (χ3v) is 7.35. The molecule has 1 fully saturated rings. The van der Waals surface area contributed by atoms with Crippen molar-refractivity contribution in [1.29, 1.82) is 0 Å². The van der Waals surface area contributed by atoms with Crippen LogP contribution in [-0.4, -0.2) is 75.7 Å². The molecule has 2 aliphatic heterocycles. The maximum atomic E-state index is 13.6. The second kappa shape index (κ2) is 11.2. The van der Waals surface area contributed by atoms with Gasteiger partial charge in [0.2, 0.25) is 0 Å². The number of anilines is 1. The van der Waals surface area contributed by atoms with Gasteiger partial charge in [-0.15, -0.1) is 0 Å². The van der Waals surface area contributed by atoms with E-state index in [1.165, 1.54) is 17.3 Å². The number of nitrogens with zero attached hydrogens (tertiary/aromatic N) is 5. The smallest absolute Gasteiger partial charge is 0.378 e. The molecule has 0 spiro atoms. The summed E-state index contributed by atoms with van der Waals surface area (Å²) in [6.07, 6.45) is 0.731. The van der Waals surface area contributed by atoms with Crippen molar-refractivity contribution in [2.24, 2.45) is 0 Å². The Bertz CT molecular complexity index is 1250. The van der Waals surface area contributed by atoms with Crippen molar-refractivity contribution in [3.8, 4) is 11.1 Å². The third-order valence-electron chi connectivity index (χ3n) is 7.35. The van der Waals surface area contributed by atoms with Crippen LogP contribution in [0.4, 0.5) is 32.0 Å². The molecule has 0 aliphatic carbocycles. The Labute approximate surface area is 222 Å². The van der Waals surface area contributed by atoms with Crippen molar-refractivity contribution in [3.63, 3.8) is 0 Å². The Kier molecular flexibility index (Phi) is 7.86. The zero-order chi connectivity index (χ0) is 27.7. The monoisotopic (exact) mass is 552 g/mol. The maximum absolute atomic E-state index is 13.6. The summed E-state index contributed by atoms with van der Waals surface area (Å²) in [6, 6.07) is 7.95. The van der Waals surface area contributed by atoms with Gasteiger partial charge in [-0.25, -0.2) is 4.68 Å². The first-order chi connectivity index (χ1) is 18.6. The van der Waals surface area contributed by atoms with Gasteiger partial charge < -0.3 is 5.32 Å². The standard InChI is InChI=1S/C27H30F6N6/c1-17-9-19-10-18(20-11-35-39(13-20)26(29)30)3-5-23(19)25(38(17)16-27(31,32)33)24-6-4-21(12-34-24)36-22-14-37(15-22)8-2-7-28/h3-6,10-13,17,22,25-26,36H,2,7-9,14-16H2,1H3/t17-,25-/m1/s1. The Morgan fingerprint density at radius 3 is 2.51 bits per heavy atom. The number of halogens is 6. The summed E-state index contributed by atoms with van der Waals surface area (Å²) in [5.74, 6) is 0. The summed E-state index contributed by atoms with van der Waals surface area (Å²) in [6.45, 7) is -0.107. The van der Waals surface area contributed by atoms with E-state index in [-0.39, 0.29) is 12.7 Å². The molecule has 2 atom stereocenters. The molecule has 0 bridgehead atoms. The quantitative estimate of drug-likeness (QED) is 0.346. The van der Waals surface area contributed by atoms with E-state index in [0.717, 1.165) is 30.9 Å². The van der Waals surface area contributed by atoms with Crippen molar-refractivity contribution in [2.45, 2.75) is 50.6 Å². The van der Waals surface area contributed by atoms with Gasteiger partial charge in [0.1, 0.15) is 0 Å². The molecule has 1 saturated heterocycles. The number of benzene rings is 1. The molecular formula is C27H30F6N6. The lowest BCUT2D eigenvalue weighted by molar-refractivity contribution is -0.155. The lowest BCUT2D eigenvalue weighted by atomic mass is 9.85. The van der Waals surface area contributed by atoms with E-state index in [1.807, 2.05) is 12.1 Å². The first kappa shape index (κ1) is 27.4. The third kappa shape index (κ3) is 6.22. The van der Waals surface area contributed by atoms with Crippen molar-refractivity contribution in [3.05, 3.63) is 65.7 Å². The van der Waals surface area contributed by atoms with Crippen LogP contribution >= 0.6 is 0 Å². The molecule has 0 radical (unpaired) electrons. The van der Waals surface area contributed by atoms with Crippen LogP contribution in [0.2, 0.25) is 0 Å². The van der Waals surface area contributed by atoms with Crippen LogP contribution < -0.4 is 5.32 Å². The molecule has 12 heteroatoms. The molecule has 0 saturated carbocycles. The van der Waals surface area contributed by atoms with Gasteiger partial charge in [0.05, 0.1) is 49.1 Å². The molecular weight excluding hydrogens is 522 g/mol. The Morgan fingerprint density at radius 1 is 1.08 bits per heavy atom. The molecule has 2 aromatic heterocycles. The van der Waals surface area contributed by atoms with E-state index in [1.54, 1.807) is 31.3 Å². The fraction of sp³-hybridized carbons (Fsp3) is 0.481. The van der Waals surface area contributed by atoms with Crippen LogP contribution in [0.15, 0.2) is 48.9 Å². The van der Waals surface area contributed by atoms with Gasteiger partial charge in [0, 0.05) is 37.4 Å². The van der Waals surface area contributed by atoms with E-state index in [0.29, 0.717) is 39.9 Å². The minimum Gasteiger partial charge on any atom is -0.378 e. The molecule has 3 aromatic rings. The summed E-state index contributed by atoms with van der Waals surface area (Å²) >= 11 is 0. The Balaban J connectivity index is 1.40. The van der Waals surface area contributed by atoms with E-state index in [2.05, 4.69) is 20.3 Å². The topological polar surface area (TPSA) is 49.2 Å². The highest BCUT2D eigenvalue weighted by atomic mass is 19.4. The van der Waals surface area contributed by atoms with Crippen LogP contribution in [0.1, 0.15) is 42.8 Å². The van der Waals surface area contributed by atoms with Crippen LogP contribution in [0.25, 0.3) is 11.1 Å². The van der Waals surface area contributed by atoms with Gasteiger partial charge in [-0.1, -0.05) is 18.2 Å². The molecule has 39 heavy (non-hydrogen) atoms. The molecule has 2 aliphatic rings. The zero-order valence-corrected chi connectivity index (χ0v) is 21.4. The summed E-state index contributed by atoms with van der Waals surface area (Å²) < 4.78 is 79.8.